The molecular formula is C56H116N2O6P+. The molecule has 3 N–H and O–H groups in total. The first kappa shape index (κ1) is 64.5. The standard InChI is InChI=1S/C56H115N2O6P/c1-6-8-10-12-13-14-15-16-17-18-19-20-21-22-23-24-25-26-27-28-29-30-31-32-33-34-35-36-37-38-39-40-41-42-43-44-46-48-50-56(60)57-54(55(59)49-47-45-11-9-7-2)53-64-65(61,62)63-52-51-58(3,4)5/h54-55,59H,6-53H2,1-5H3,(H-,57,60,61,62)/p+1. The smallest absolute Gasteiger partial charge is 0.391 e. The van der Waals surface area contributed by atoms with Gasteiger partial charge in [-0.25, -0.2) is 4.57 Å². The van der Waals surface area contributed by atoms with E-state index in [2.05, 4.69) is 19.2 Å². The number of unbranched alkanes of at least 4 members (excludes halogenated alkanes) is 41. The summed E-state index contributed by atoms with van der Waals surface area (Å²) in [5.41, 5.74) is 0. The number of aliphatic hydroxyl groups excluding tert-OH is 1. The Kier molecular flexibility index (Phi) is 48.1. The molecule has 1 amide bonds. The first-order chi connectivity index (χ1) is 31.5. The maximum absolute atomic E-state index is 12.8. The highest BCUT2D eigenvalue weighted by Crippen LogP contribution is 2.43. The van der Waals surface area contributed by atoms with Gasteiger partial charge in [0.25, 0.3) is 0 Å². The number of hydrogen-bond acceptors (Lipinski definition) is 5. The minimum atomic E-state index is -4.30. The molecule has 65 heavy (non-hydrogen) atoms. The summed E-state index contributed by atoms with van der Waals surface area (Å²) in [6.07, 6.45) is 58.3. The van der Waals surface area contributed by atoms with Crippen molar-refractivity contribution in [3.05, 3.63) is 0 Å². The highest BCUT2D eigenvalue weighted by Gasteiger charge is 2.28. The SMILES string of the molecule is CCCCCCCCCCCCCCCCCCCCCCCCCCCCCCCCCCCCCCCCC(=O)NC(COP(=O)(O)OCC[N+](C)(C)C)C(O)CCCCCCC. The fraction of sp³-hybridized carbons (Fsp3) is 0.982. The molecule has 0 aliphatic rings. The first-order valence-corrected chi connectivity index (χ1v) is 30.4. The lowest BCUT2D eigenvalue weighted by atomic mass is 10.0. The Morgan fingerprint density at radius 2 is 0.738 bits per heavy atom. The van der Waals surface area contributed by atoms with Crippen LogP contribution in [-0.2, 0) is 18.4 Å². The summed E-state index contributed by atoms with van der Waals surface area (Å²) in [7, 11) is 1.63. The lowest BCUT2D eigenvalue weighted by molar-refractivity contribution is -0.870. The summed E-state index contributed by atoms with van der Waals surface area (Å²) < 4.78 is 23.5. The highest BCUT2D eigenvalue weighted by atomic mass is 31.2. The van der Waals surface area contributed by atoms with E-state index in [0.29, 0.717) is 23.9 Å². The molecule has 0 saturated heterocycles. The van der Waals surface area contributed by atoms with Gasteiger partial charge in [0.2, 0.25) is 5.91 Å². The van der Waals surface area contributed by atoms with Crippen molar-refractivity contribution in [3.63, 3.8) is 0 Å². The molecule has 0 fully saturated rings. The molecule has 0 aromatic carbocycles. The van der Waals surface area contributed by atoms with E-state index in [0.717, 1.165) is 51.4 Å². The monoisotopic (exact) mass is 944 g/mol. The zero-order valence-corrected chi connectivity index (χ0v) is 45.4. The summed E-state index contributed by atoms with van der Waals surface area (Å²) in [5, 5.41) is 13.8. The van der Waals surface area contributed by atoms with Gasteiger partial charge in [-0.3, -0.25) is 13.8 Å². The number of carbonyl (C=O) groups excluding carboxylic acids is 1. The molecule has 0 spiro atoms. The second kappa shape index (κ2) is 48.5. The number of likely N-dealkylation sites (N-methyl/N-ethyl adjacent to an activating group) is 1. The predicted molar refractivity (Wildman–Crippen MR) is 282 cm³/mol. The van der Waals surface area contributed by atoms with Crippen molar-refractivity contribution in [1.29, 1.82) is 0 Å². The number of aliphatic hydroxyl groups is 1. The van der Waals surface area contributed by atoms with Gasteiger partial charge in [-0.1, -0.05) is 284 Å². The average molecular weight is 945 g/mol. The Morgan fingerprint density at radius 3 is 1.03 bits per heavy atom. The minimum Gasteiger partial charge on any atom is -0.391 e. The molecule has 0 heterocycles. The van der Waals surface area contributed by atoms with Crippen LogP contribution in [0.1, 0.15) is 303 Å². The Balaban J connectivity index is 3.62. The predicted octanol–water partition coefficient (Wildman–Crippen LogP) is 17.3. The van der Waals surface area contributed by atoms with Crippen molar-refractivity contribution in [3.8, 4) is 0 Å². The molecule has 3 atom stereocenters. The molecule has 0 aliphatic heterocycles. The lowest BCUT2D eigenvalue weighted by Gasteiger charge is -2.26. The van der Waals surface area contributed by atoms with E-state index in [1.807, 2.05) is 21.1 Å². The van der Waals surface area contributed by atoms with Crippen LogP contribution in [0.25, 0.3) is 0 Å². The van der Waals surface area contributed by atoms with Gasteiger partial charge in [0.15, 0.2) is 0 Å². The fourth-order valence-electron chi connectivity index (χ4n) is 9.05. The lowest BCUT2D eigenvalue weighted by Crippen LogP contribution is -2.46. The summed E-state index contributed by atoms with van der Waals surface area (Å²) in [5.74, 6) is -0.145. The number of quaternary nitrogens is 1. The highest BCUT2D eigenvalue weighted by molar-refractivity contribution is 7.47. The molecule has 390 valence electrons. The van der Waals surface area contributed by atoms with Gasteiger partial charge < -0.3 is 19.8 Å². The molecule has 3 unspecified atom stereocenters. The Morgan fingerprint density at radius 1 is 0.462 bits per heavy atom. The van der Waals surface area contributed by atoms with Crippen LogP contribution >= 0.6 is 7.82 Å². The minimum absolute atomic E-state index is 0.0774. The van der Waals surface area contributed by atoms with Crippen LogP contribution < -0.4 is 5.32 Å². The van der Waals surface area contributed by atoms with Gasteiger partial charge in [-0.05, 0) is 12.8 Å². The fourth-order valence-corrected chi connectivity index (χ4v) is 9.79. The maximum atomic E-state index is 12.8. The zero-order chi connectivity index (χ0) is 47.8. The third-order valence-electron chi connectivity index (χ3n) is 13.6. The number of phosphoric ester groups is 1. The molecule has 0 aromatic heterocycles. The van der Waals surface area contributed by atoms with Gasteiger partial charge in [-0.15, -0.1) is 0 Å². The van der Waals surface area contributed by atoms with Crippen molar-refractivity contribution in [1.82, 2.24) is 5.32 Å². The van der Waals surface area contributed by atoms with Crippen molar-refractivity contribution in [2.75, 3.05) is 40.9 Å². The van der Waals surface area contributed by atoms with Gasteiger partial charge in [0, 0.05) is 6.42 Å². The van der Waals surface area contributed by atoms with Crippen LogP contribution in [0, 0.1) is 0 Å². The average Bonchev–Trinajstić information content (AvgIpc) is 3.26. The molecule has 0 rings (SSSR count). The summed E-state index contributed by atoms with van der Waals surface area (Å²) in [4.78, 5) is 23.0. The topological polar surface area (TPSA) is 105 Å². The van der Waals surface area contributed by atoms with E-state index < -0.39 is 20.0 Å². The Bertz CT molecular complexity index is 1030. The van der Waals surface area contributed by atoms with Crippen molar-refractivity contribution >= 4 is 13.7 Å². The van der Waals surface area contributed by atoms with Crippen LogP contribution in [0.4, 0.5) is 0 Å². The van der Waals surface area contributed by atoms with E-state index in [1.165, 1.54) is 225 Å². The Hall–Kier alpha value is -0.500. The van der Waals surface area contributed by atoms with Crippen LogP contribution in [0.3, 0.4) is 0 Å². The van der Waals surface area contributed by atoms with Gasteiger partial charge >= 0.3 is 7.82 Å². The van der Waals surface area contributed by atoms with Gasteiger partial charge in [0.05, 0.1) is 39.9 Å². The third-order valence-corrected chi connectivity index (χ3v) is 14.6. The van der Waals surface area contributed by atoms with Gasteiger partial charge in [0.1, 0.15) is 13.2 Å². The van der Waals surface area contributed by atoms with Gasteiger partial charge in [-0.2, -0.15) is 0 Å². The number of hydrogen-bond donors (Lipinski definition) is 3. The molecular weight excluding hydrogens is 828 g/mol. The molecule has 0 bridgehead atoms. The zero-order valence-electron chi connectivity index (χ0n) is 44.5. The number of nitrogens with one attached hydrogen (secondary N) is 1. The van der Waals surface area contributed by atoms with E-state index in [1.54, 1.807) is 0 Å². The van der Waals surface area contributed by atoms with E-state index in [-0.39, 0.29) is 19.1 Å². The summed E-state index contributed by atoms with van der Waals surface area (Å²) in [6.45, 7) is 4.83. The van der Waals surface area contributed by atoms with Crippen molar-refractivity contribution < 1.29 is 32.9 Å². The first-order valence-electron chi connectivity index (χ1n) is 28.9. The van der Waals surface area contributed by atoms with Crippen LogP contribution in [0.5, 0.6) is 0 Å². The third kappa shape index (κ3) is 51.2. The number of carbonyl (C=O) groups is 1. The number of rotatable bonds is 54. The maximum Gasteiger partial charge on any atom is 0.472 e. The molecule has 0 aromatic rings. The quantitative estimate of drug-likeness (QED) is 0.0319. The van der Waals surface area contributed by atoms with E-state index in [9.17, 15) is 19.4 Å². The van der Waals surface area contributed by atoms with E-state index >= 15 is 0 Å². The molecule has 0 aliphatic carbocycles. The van der Waals surface area contributed by atoms with Crippen molar-refractivity contribution in [2.24, 2.45) is 0 Å². The molecule has 0 radical (unpaired) electrons. The molecule has 0 saturated carbocycles. The number of phosphoric acid groups is 1. The van der Waals surface area contributed by atoms with Crippen molar-refractivity contribution in [2.45, 2.75) is 315 Å². The molecule has 8 nitrogen and oxygen atoms in total. The summed E-state index contributed by atoms with van der Waals surface area (Å²) >= 11 is 0. The summed E-state index contributed by atoms with van der Waals surface area (Å²) in [6, 6.07) is -0.751. The number of nitrogens with zero attached hydrogens (tertiary/aromatic N) is 1. The van der Waals surface area contributed by atoms with Crippen LogP contribution in [0.2, 0.25) is 0 Å². The number of amides is 1. The second-order valence-corrected chi connectivity index (χ2v) is 22.8. The van der Waals surface area contributed by atoms with Crippen LogP contribution in [-0.4, -0.2) is 73.4 Å². The molecule has 9 heteroatoms. The normalized spacial score (nSPS) is 13.9. The van der Waals surface area contributed by atoms with Crippen LogP contribution in [0.15, 0.2) is 0 Å². The Labute approximate surface area is 406 Å². The second-order valence-electron chi connectivity index (χ2n) is 21.4. The largest absolute Gasteiger partial charge is 0.472 e. The van der Waals surface area contributed by atoms with E-state index in [4.69, 9.17) is 9.05 Å².